The van der Waals surface area contributed by atoms with Crippen molar-refractivity contribution in [3.63, 3.8) is 0 Å². The summed E-state index contributed by atoms with van der Waals surface area (Å²) in [6, 6.07) is 20.1. The first-order chi connectivity index (χ1) is 11.6. The fraction of sp³-hybridized carbons (Fsp3) is 0.227. The number of nitrogens with one attached hydrogen (secondary N) is 1. The monoisotopic (exact) mass is 319 g/mol. The van der Waals surface area contributed by atoms with Crippen molar-refractivity contribution in [3.05, 3.63) is 89.5 Å². The molecule has 0 saturated heterocycles. The van der Waals surface area contributed by atoms with E-state index < -0.39 is 0 Å². The van der Waals surface area contributed by atoms with E-state index >= 15 is 0 Å². The molecule has 0 bridgehead atoms. The molecule has 0 heterocycles. The molecule has 1 N–H and O–H groups in total. The van der Waals surface area contributed by atoms with Crippen molar-refractivity contribution in [1.82, 2.24) is 5.32 Å². The molecule has 124 valence electrons. The molecule has 2 nitrogen and oxygen atoms in total. The van der Waals surface area contributed by atoms with Crippen molar-refractivity contribution in [2.24, 2.45) is 5.92 Å². The summed E-state index contributed by atoms with van der Waals surface area (Å²) in [4.78, 5) is 12.6. The Kier molecular flexibility index (Phi) is 7.03. The van der Waals surface area contributed by atoms with Crippen molar-refractivity contribution in [2.45, 2.75) is 26.8 Å². The Labute approximate surface area is 144 Å². The van der Waals surface area contributed by atoms with Crippen LogP contribution < -0.4 is 5.32 Å². The first-order valence-corrected chi connectivity index (χ1v) is 8.33. The van der Waals surface area contributed by atoms with E-state index in [4.69, 9.17) is 0 Å². The number of hydrogen-bond acceptors (Lipinski definition) is 1. The lowest BCUT2D eigenvalue weighted by molar-refractivity contribution is -0.123. The molecule has 0 aliphatic carbocycles. The highest BCUT2D eigenvalue weighted by molar-refractivity contribution is 5.81. The van der Waals surface area contributed by atoms with Crippen LogP contribution >= 0.6 is 0 Å². The van der Waals surface area contributed by atoms with E-state index in [0.29, 0.717) is 13.0 Å². The van der Waals surface area contributed by atoms with Gasteiger partial charge >= 0.3 is 0 Å². The zero-order valence-corrected chi connectivity index (χ0v) is 14.4. The Morgan fingerprint density at radius 3 is 2.25 bits per heavy atom. The molecule has 1 atom stereocenters. The molecule has 0 radical (unpaired) electrons. The van der Waals surface area contributed by atoms with E-state index in [0.717, 1.165) is 11.1 Å². The van der Waals surface area contributed by atoms with Crippen LogP contribution in [0.5, 0.6) is 0 Å². The van der Waals surface area contributed by atoms with Gasteiger partial charge in [0.1, 0.15) is 0 Å². The van der Waals surface area contributed by atoms with Gasteiger partial charge in [0.05, 0.1) is 5.92 Å². The van der Waals surface area contributed by atoms with Crippen molar-refractivity contribution in [3.8, 4) is 0 Å². The Bertz CT molecular complexity index is 682. The molecule has 2 aromatic carbocycles. The minimum atomic E-state index is -0.163. The van der Waals surface area contributed by atoms with Gasteiger partial charge in [-0.2, -0.15) is 0 Å². The molecular formula is C22H25NO. The Hall–Kier alpha value is -2.61. The van der Waals surface area contributed by atoms with Gasteiger partial charge in [0, 0.05) is 6.54 Å². The molecule has 24 heavy (non-hydrogen) atoms. The van der Waals surface area contributed by atoms with Crippen LogP contribution in [0.15, 0.2) is 78.4 Å². The van der Waals surface area contributed by atoms with E-state index in [1.54, 1.807) is 0 Å². The van der Waals surface area contributed by atoms with Crippen molar-refractivity contribution >= 4 is 12.0 Å². The van der Waals surface area contributed by atoms with Crippen LogP contribution in [0.3, 0.4) is 0 Å². The molecule has 0 aliphatic heterocycles. The lowest BCUT2D eigenvalue weighted by atomic mass is 10.0. The van der Waals surface area contributed by atoms with E-state index in [-0.39, 0.29) is 11.8 Å². The van der Waals surface area contributed by atoms with Gasteiger partial charge in [-0.15, -0.1) is 0 Å². The summed E-state index contributed by atoms with van der Waals surface area (Å²) in [5, 5.41) is 3.04. The summed E-state index contributed by atoms with van der Waals surface area (Å²) in [5.74, 6) is -0.104. The molecule has 1 amide bonds. The van der Waals surface area contributed by atoms with E-state index in [1.807, 2.05) is 72.8 Å². The van der Waals surface area contributed by atoms with E-state index in [1.165, 1.54) is 5.57 Å². The maximum atomic E-state index is 12.6. The van der Waals surface area contributed by atoms with Crippen LogP contribution in [0.4, 0.5) is 0 Å². The molecule has 2 rings (SSSR count). The average Bonchev–Trinajstić information content (AvgIpc) is 2.61. The number of benzene rings is 2. The van der Waals surface area contributed by atoms with Crippen LogP contribution in [-0.4, -0.2) is 5.91 Å². The Balaban J connectivity index is 2.02. The number of amides is 1. The van der Waals surface area contributed by atoms with Gasteiger partial charge in [-0.3, -0.25) is 4.79 Å². The van der Waals surface area contributed by atoms with Gasteiger partial charge in [-0.05, 0) is 31.4 Å². The smallest absolute Gasteiger partial charge is 0.227 e. The SMILES string of the molecule is CC(C)=CCC(/C=C/c1ccccc1)C(=O)NCc1ccccc1. The lowest BCUT2D eigenvalue weighted by Gasteiger charge is -2.12. The minimum Gasteiger partial charge on any atom is -0.352 e. The Morgan fingerprint density at radius 1 is 1.00 bits per heavy atom. The molecule has 0 aliphatic rings. The maximum Gasteiger partial charge on any atom is 0.227 e. The number of rotatable bonds is 7. The van der Waals surface area contributed by atoms with E-state index in [2.05, 4.69) is 25.2 Å². The molecule has 0 spiro atoms. The van der Waals surface area contributed by atoms with Gasteiger partial charge < -0.3 is 5.32 Å². The first kappa shape index (κ1) is 17.7. The van der Waals surface area contributed by atoms with Gasteiger partial charge in [-0.25, -0.2) is 0 Å². The van der Waals surface area contributed by atoms with Gasteiger partial charge in [0.2, 0.25) is 5.91 Å². The fourth-order valence-electron chi connectivity index (χ4n) is 2.34. The summed E-state index contributed by atoms with van der Waals surface area (Å²) in [7, 11) is 0. The Morgan fingerprint density at radius 2 is 1.62 bits per heavy atom. The van der Waals surface area contributed by atoms with Crippen molar-refractivity contribution in [1.29, 1.82) is 0 Å². The number of allylic oxidation sites excluding steroid dienone is 2. The molecule has 1 unspecified atom stereocenters. The second-order valence-corrected chi connectivity index (χ2v) is 6.10. The second-order valence-electron chi connectivity index (χ2n) is 6.10. The third kappa shape index (κ3) is 6.25. The van der Waals surface area contributed by atoms with Crippen LogP contribution in [0.25, 0.3) is 6.08 Å². The molecule has 2 heteroatoms. The molecule has 0 aromatic heterocycles. The first-order valence-electron chi connectivity index (χ1n) is 8.33. The lowest BCUT2D eigenvalue weighted by Crippen LogP contribution is -2.29. The average molecular weight is 319 g/mol. The molecule has 0 fully saturated rings. The predicted octanol–water partition coefficient (Wildman–Crippen LogP) is 4.99. The maximum absolute atomic E-state index is 12.6. The van der Waals surface area contributed by atoms with Gasteiger partial charge in [0.25, 0.3) is 0 Å². The van der Waals surface area contributed by atoms with Gasteiger partial charge in [0.15, 0.2) is 0 Å². The van der Waals surface area contributed by atoms with Crippen molar-refractivity contribution < 1.29 is 4.79 Å². The highest BCUT2D eigenvalue weighted by Crippen LogP contribution is 2.12. The summed E-state index contributed by atoms with van der Waals surface area (Å²) in [5.41, 5.74) is 3.44. The minimum absolute atomic E-state index is 0.0588. The highest BCUT2D eigenvalue weighted by atomic mass is 16.1. The molecule has 0 saturated carbocycles. The standard InChI is InChI=1S/C22H25NO/c1-18(2)13-15-21(16-14-19-9-5-3-6-10-19)22(24)23-17-20-11-7-4-8-12-20/h3-14,16,21H,15,17H2,1-2H3,(H,23,24)/b16-14+. The number of carbonyl (C=O) groups is 1. The third-order valence-corrected chi connectivity index (χ3v) is 3.75. The number of hydrogen-bond donors (Lipinski definition) is 1. The van der Waals surface area contributed by atoms with Crippen LogP contribution in [0, 0.1) is 5.92 Å². The topological polar surface area (TPSA) is 29.1 Å². The summed E-state index contributed by atoms with van der Waals surface area (Å²) >= 11 is 0. The summed E-state index contributed by atoms with van der Waals surface area (Å²) < 4.78 is 0. The van der Waals surface area contributed by atoms with Crippen LogP contribution in [0.1, 0.15) is 31.4 Å². The third-order valence-electron chi connectivity index (χ3n) is 3.75. The van der Waals surface area contributed by atoms with Crippen molar-refractivity contribution in [2.75, 3.05) is 0 Å². The zero-order chi connectivity index (χ0) is 17.2. The van der Waals surface area contributed by atoms with Gasteiger partial charge in [-0.1, -0.05) is 84.5 Å². The van der Waals surface area contributed by atoms with E-state index in [9.17, 15) is 4.79 Å². The number of carbonyl (C=O) groups excluding carboxylic acids is 1. The summed E-state index contributed by atoms with van der Waals surface area (Å²) in [6.07, 6.45) is 6.84. The van der Waals surface area contributed by atoms with Crippen LogP contribution in [-0.2, 0) is 11.3 Å². The summed E-state index contributed by atoms with van der Waals surface area (Å²) in [6.45, 7) is 4.67. The second kappa shape index (κ2) is 9.51. The highest BCUT2D eigenvalue weighted by Gasteiger charge is 2.13. The normalized spacial score (nSPS) is 11.9. The quantitative estimate of drug-likeness (QED) is 0.716. The largest absolute Gasteiger partial charge is 0.352 e. The molecule has 2 aromatic rings. The van der Waals surface area contributed by atoms with Crippen LogP contribution in [0.2, 0.25) is 0 Å². The molecular weight excluding hydrogens is 294 g/mol. The zero-order valence-electron chi connectivity index (χ0n) is 14.4. The fourth-order valence-corrected chi connectivity index (χ4v) is 2.34. The predicted molar refractivity (Wildman–Crippen MR) is 101 cm³/mol.